The van der Waals surface area contributed by atoms with Gasteiger partial charge in [0.25, 0.3) is 5.56 Å². The van der Waals surface area contributed by atoms with Gasteiger partial charge in [-0.3, -0.25) is 4.79 Å². The van der Waals surface area contributed by atoms with Crippen LogP contribution in [0.2, 0.25) is 5.02 Å². The van der Waals surface area contributed by atoms with Crippen LogP contribution in [-0.2, 0) is 5.41 Å². The number of halogens is 2. The van der Waals surface area contributed by atoms with E-state index in [1.165, 1.54) is 18.2 Å². The molecule has 1 aromatic heterocycles. The van der Waals surface area contributed by atoms with Gasteiger partial charge in [-0.2, -0.15) is 0 Å². The quantitative estimate of drug-likeness (QED) is 0.868. The Hall–Kier alpha value is -1.68. The van der Waals surface area contributed by atoms with Crippen molar-refractivity contribution in [3.8, 4) is 11.3 Å². The molecule has 19 heavy (non-hydrogen) atoms. The van der Waals surface area contributed by atoms with Crippen LogP contribution in [0, 0.1) is 5.82 Å². The lowest BCUT2D eigenvalue weighted by molar-refractivity contribution is 0.543. The first-order valence-corrected chi connectivity index (χ1v) is 6.22. The highest BCUT2D eigenvalue weighted by Gasteiger charge is 2.18. The van der Waals surface area contributed by atoms with Crippen LogP contribution in [0.3, 0.4) is 0 Å². The molecule has 5 heteroatoms. The van der Waals surface area contributed by atoms with Gasteiger partial charge in [0, 0.05) is 22.1 Å². The van der Waals surface area contributed by atoms with Crippen molar-refractivity contribution >= 4 is 11.6 Å². The lowest BCUT2D eigenvalue weighted by Crippen LogP contribution is -2.22. The third kappa shape index (κ3) is 3.01. The normalized spacial score (nSPS) is 11.6. The highest BCUT2D eigenvalue weighted by molar-refractivity contribution is 6.30. The van der Waals surface area contributed by atoms with Gasteiger partial charge in [0.15, 0.2) is 0 Å². The summed E-state index contributed by atoms with van der Waals surface area (Å²) >= 11 is 5.71. The van der Waals surface area contributed by atoms with Gasteiger partial charge < -0.3 is 4.98 Å². The first kappa shape index (κ1) is 13.7. The number of hydrogen-bond acceptors (Lipinski definition) is 2. The summed E-state index contributed by atoms with van der Waals surface area (Å²) in [5, 5.41) is 0.308. The van der Waals surface area contributed by atoms with E-state index in [0.717, 1.165) is 0 Å². The minimum Gasteiger partial charge on any atom is -0.310 e. The Balaban J connectivity index is 2.63. The number of benzene rings is 1. The molecule has 2 rings (SSSR count). The Labute approximate surface area is 115 Å². The number of H-pyrrole nitrogens is 1. The second-order valence-corrected chi connectivity index (χ2v) is 5.79. The van der Waals surface area contributed by atoms with Crippen LogP contribution in [0.25, 0.3) is 11.3 Å². The van der Waals surface area contributed by atoms with Crippen LogP contribution >= 0.6 is 11.6 Å². The first-order chi connectivity index (χ1) is 8.77. The maximum atomic E-state index is 13.9. The summed E-state index contributed by atoms with van der Waals surface area (Å²) in [5.41, 5.74) is -0.0500. The largest absolute Gasteiger partial charge is 0.310 e. The fourth-order valence-electron chi connectivity index (χ4n) is 1.65. The topological polar surface area (TPSA) is 45.8 Å². The SMILES string of the molecule is CC(C)(C)c1nc(-c2ccc(Cl)cc2F)cc(=O)[nH]1. The molecule has 0 aliphatic rings. The first-order valence-electron chi connectivity index (χ1n) is 5.84. The molecule has 2 aromatic rings. The van der Waals surface area contributed by atoms with Crippen molar-refractivity contribution in [2.75, 3.05) is 0 Å². The zero-order valence-electron chi connectivity index (χ0n) is 10.9. The molecule has 0 aliphatic carbocycles. The van der Waals surface area contributed by atoms with Crippen molar-refractivity contribution < 1.29 is 4.39 Å². The van der Waals surface area contributed by atoms with Gasteiger partial charge in [-0.05, 0) is 18.2 Å². The lowest BCUT2D eigenvalue weighted by atomic mass is 9.95. The van der Waals surface area contributed by atoms with Crippen molar-refractivity contribution in [2.24, 2.45) is 0 Å². The molecule has 0 spiro atoms. The third-order valence-electron chi connectivity index (χ3n) is 2.66. The minimum atomic E-state index is -0.495. The summed E-state index contributed by atoms with van der Waals surface area (Å²) in [6.07, 6.45) is 0. The van der Waals surface area contributed by atoms with E-state index in [2.05, 4.69) is 9.97 Å². The summed E-state index contributed by atoms with van der Waals surface area (Å²) in [4.78, 5) is 18.7. The molecular weight excluding hydrogens is 267 g/mol. The molecular formula is C14H14ClFN2O. The van der Waals surface area contributed by atoms with Crippen molar-refractivity contribution in [1.29, 1.82) is 0 Å². The Kier molecular flexibility index (Phi) is 3.45. The van der Waals surface area contributed by atoms with Crippen molar-refractivity contribution in [3.05, 3.63) is 51.3 Å². The van der Waals surface area contributed by atoms with Gasteiger partial charge in [0.2, 0.25) is 0 Å². The summed E-state index contributed by atoms with van der Waals surface area (Å²) < 4.78 is 13.9. The van der Waals surface area contributed by atoms with Crippen LogP contribution in [0.1, 0.15) is 26.6 Å². The number of aromatic nitrogens is 2. The van der Waals surface area contributed by atoms with Gasteiger partial charge in [0.1, 0.15) is 11.6 Å². The number of aromatic amines is 1. The van der Waals surface area contributed by atoms with Gasteiger partial charge in [-0.1, -0.05) is 32.4 Å². The monoisotopic (exact) mass is 280 g/mol. The fraction of sp³-hybridized carbons (Fsp3) is 0.286. The summed E-state index contributed by atoms with van der Waals surface area (Å²) in [7, 11) is 0. The highest BCUT2D eigenvalue weighted by Crippen LogP contribution is 2.25. The second-order valence-electron chi connectivity index (χ2n) is 5.35. The predicted octanol–water partition coefficient (Wildman–Crippen LogP) is 3.53. The summed E-state index contributed by atoms with van der Waals surface area (Å²) in [6, 6.07) is 5.57. The number of nitrogens with zero attached hydrogens (tertiary/aromatic N) is 1. The van der Waals surface area contributed by atoms with Gasteiger partial charge in [0.05, 0.1) is 5.69 Å². The van der Waals surface area contributed by atoms with Gasteiger partial charge >= 0.3 is 0 Å². The van der Waals surface area contributed by atoms with Crippen molar-refractivity contribution in [2.45, 2.75) is 26.2 Å². The molecule has 0 fully saturated rings. The molecule has 0 saturated carbocycles. The predicted molar refractivity (Wildman–Crippen MR) is 74.0 cm³/mol. The molecule has 0 saturated heterocycles. The summed E-state index contributed by atoms with van der Waals surface area (Å²) in [5.74, 6) is 0.0230. The molecule has 1 aromatic carbocycles. The summed E-state index contributed by atoms with van der Waals surface area (Å²) in [6.45, 7) is 5.77. The van der Waals surface area contributed by atoms with Gasteiger partial charge in [-0.15, -0.1) is 0 Å². The average molecular weight is 281 g/mol. The third-order valence-corrected chi connectivity index (χ3v) is 2.89. The van der Waals surface area contributed by atoms with Crippen molar-refractivity contribution in [1.82, 2.24) is 9.97 Å². The van der Waals surface area contributed by atoms with Crippen molar-refractivity contribution in [3.63, 3.8) is 0 Å². The standard InChI is InChI=1S/C14H14ClFN2O/c1-14(2,3)13-17-11(7-12(19)18-13)9-5-4-8(15)6-10(9)16/h4-7H,1-3H3,(H,17,18,19). The Morgan fingerprint density at radius 2 is 1.95 bits per heavy atom. The van der Waals surface area contributed by atoms with E-state index in [4.69, 9.17) is 11.6 Å². The molecule has 0 radical (unpaired) electrons. The Morgan fingerprint density at radius 3 is 2.53 bits per heavy atom. The molecule has 0 amide bonds. The molecule has 0 aliphatic heterocycles. The molecule has 100 valence electrons. The van der Waals surface area contributed by atoms with E-state index in [1.54, 1.807) is 6.07 Å². The number of hydrogen-bond donors (Lipinski definition) is 1. The van der Waals surface area contributed by atoms with E-state index in [9.17, 15) is 9.18 Å². The zero-order chi connectivity index (χ0) is 14.2. The molecule has 0 unspecified atom stereocenters. The van der Waals surface area contributed by atoms with E-state index >= 15 is 0 Å². The maximum absolute atomic E-state index is 13.9. The van der Waals surface area contributed by atoms with Gasteiger partial charge in [-0.25, -0.2) is 9.37 Å². The molecule has 3 nitrogen and oxygen atoms in total. The average Bonchev–Trinajstić information content (AvgIpc) is 2.26. The van der Waals surface area contributed by atoms with E-state index in [0.29, 0.717) is 16.5 Å². The lowest BCUT2D eigenvalue weighted by Gasteiger charge is -2.17. The number of rotatable bonds is 1. The van der Waals surface area contributed by atoms with E-state index in [1.807, 2.05) is 20.8 Å². The van der Waals surface area contributed by atoms with Crippen LogP contribution in [-0.4, -0.2) is 9.97 Å². The smallest absolute Gasteiger partial charge is 0.251 e. The van der Waals surface area contributed by atoms with E-state index in [-0.39, 0.29) is 16.5 Å². The van der Waals surface area contributed by atoms with Crippen LogP contribution in [0.15, 0.2) is 29.1 Å². The van der Waals surface area contributed by atoms with Crippen LogP contribution < -0.4 is 5.56 Å². The Morgan fingerprint density at radius 1 is 1.26 bits per heavy atom. The Bertz CT molecular complexity index is 674. The van der Waals surface area contributed by atoms with Crippen LogP contribution in [0.4, 0.5) is 4.39 Å². The molecule has 0 atom stereocenters. The maximum Gasteiger partial charge on any atom is 0.251 e. The second kappa shape index (κ2) is 4.78. The molecule has 0 bridgehead atoms. The molecule has 1 heterocycles. The number of nitrogens with one attached hydrogen (secondary N) is 1. The van der Waals surface area contributed by atoms with Crippen LogP contribution in [0.5, 0.6) is 0 Å². The van der Waals surface area contributed by atoms with E-state index < -0.39 is 5.82 Å². The molecule has 1 N–H and O–H groups in total. The zero-order valence-corrected chi connectivity index (χ0v) is 11.7. The minimum absolute atomic E-state index is 0.265. The highest BCUT2D eigenvalue weighted by atomic mass is 35.5. The fourth-order valence-corrected chi connectivity index (χ4v) is 1.81.